The van der Waals surface area contributed by atoms with Crippen molar-refractivity contribution < 1.29 is 4.43 Å². The standard InChI is InChI=1S/C24H22BrOSi.3CH3.Sn/c25-20-10-13-22(19-18-21-11-4-1-5-12-21)26-27(23-14-6-2-7-15-23)24-16-8-3-9-17-24;;;;/h1-9,11-12,14-17,22H,10,13,20H2;3*1H3;. The van der Waals surface area contributed by atoms with E-state index in [0.717, 1.165) is 23.7 Å². The molecule has 3 aromatic rings. The van der Waals surface area contributed by atoms with Gasteiger partial charge in [0.1, 0.15) is 6.10 Å². The van der Waals surface area contributed by atoms with E-state index in [0.29, 0.717) is 0 Å². The van der Waals surface area contributed by atoms with Crippen molar-refractivity contribution in [2.75, 3.05) is 5.33 Å². The van der Waals surface area contributed by atoms with Crippen molar-refractivity contribution in [1.82, 2.24) is 0 Å². The monoisotopic (exact) mass is 598 g/mol. The molecule has 1 nitrogen and oxygen atoms in total. The van der Waals surface area contributed by atoms with Gasteiger partial charge in [0.05, 0.1) is 0 Å². The third-order valence-corrected chi connectivity index (χ3v) is 6.88. The normalized spacial score (nSPS) is 11.3. The fraction of sp³-hybridized carbons (Fsp3) is 0.259. The van der Waals surface area contributed by atoms with Crippen molar-refractivity contribution in [3.8, 4) is 11.8 Å². The van der Waals surface area contributed by atoms with Crippen LogP contribution in [0.4, 0.5) is 0 Å². The molecular formula is C27H31BrOSiSn. The minimum atomic E-state index is -1.35. The molecule has 160 valence electrons. The molecule has 0 saturated carbocycles. The van der Waals surface area contributed by atoms with E-state index >= 15 is 0 Å². The summed E-state index contributed by atoms with van der Waals surface area (Å²) in [5, 5.41) is 3.46. The van der Waals surface area contributed by atoms with Gasteiger partial charge in [-0.15, -0.1) is 0 Å². The summed E-state index contributed by atoms with van der Waals surface area (Å²) in [4.78, 5) is 7.09. The van der Waals surface area contributed by atoms with Crippen LogP contribution in [-0.4, -0.2) is 40.2 Å². The second-order valence-corrected chi connectivity index (χ2v) is 19.0. The molecule has 3 aromatic carbocycles. The van der Waals surface area contributed by atoms with Crippen molar-refractivity contribution in [2.24, 2.45) is 0 Å². The summed E-state index contributed by atoms with van der Waals surface area (Å²) in [5.74, 6) is 6.66. The Morgan fingerprint density at radius 1 is 0.806 bits per heavy atom. The summed E-state index contributed by atoms with van der Waals surface area (Å²) in [7, 11) is -1.35. The summed E-state index contributed by atoms with van der Waals surface area (Å²) in [6.07, 6.45) is 1.86. The Morgan fingerprint density at radius 2 is 1.26 bits per heavy atom. The van der Waals surface area contributed by atoms with Gasteiger partial charge in [0.15, 0.2) is 0 Å². The molecule has 0 heterocycles. The first-order chi connectivity index (χ1) is 15.1. The summed E-state index contributed by atoms with van der Waals surface area (Å²) >= 11 is 2.99. The molecule has 0 aliphatic rings. The summed E-state index contributed by atoms with van der Waals surface area (Å²) in [6.45, 7) is 0. The third kappa shape index (κ3) is 10.7. The molecule has 0 saturated heterocycles. The second kappa shape index (κ2) is 15.5. The number of hydrogen-bond donors (Lipinski definition) is 0. The van der Waals surface area contributed by atoms with E-state index in [-0.39, 0.29) is 6.10 Å². The Kier molecular flexibility index (Phi) is 12.9. The van der Waals surface area contributed by atoms with E-state index in [2.05, 4.69) is 91.1 Å². The second-order valence-electron chi connectivity index (χ2n) is 7.63. The van der Waals surface area contributed by atoms with Crippen molar-refractivity contribution >= 4 is 55.1 Å². The van der Waals surface area contributed by atoms with Crippen LogP contribution in [0.5, 0.6) is 0 Å². The van der Waals surface area contributed by atoms with E-state index in [1.165, 1.54) is 10.4 Å². The average molecular weight is 598 g/mol. The van der Waals surface area contributed by atoms with Gasteiger partial charge >= 0.3 is 34.6 Å². The minimum absolute atomic E-state index is 0.0861. The van der Waals surface area contributed by atoms with E-state index in [1.54, 1.807) is 0 Å². The molecule has 0 aromatic heterocycles. The average Bonchev–Trinajstić information content (AvgIpc) is 2.80. The number of halogens is 1. The van der Waals surface area contributed by atoms with Crippen molar-refractivity contribution in [1.29, 1.82) is 0 Å². The molecule has 0 amide bonds. The Bertz CT molecular complexity index is 865. The molecule has 0 N–H and O–H groups in total. The van der Waals surface area contributed by atoms with Gasteiger partial charge in [-0.25, -0.2) is 0 Å². The van der Waals surface area contributed by atoms with Gasteiger partial charge in [0, 0.05) is 10.9 Å². The van der Waals surface area contributed by atoms with Crippen LogP contribution in [0.15, 0.2) is 91.0 Å². The number of alkyl halides is 1. The number of rotatable bonds is 7. The molecule has 2 radical (unpaired) electrons. The van der Waals surface area contributed by atoms with Crippen molar-refractivity contribution in [3.63, 3.8) is 0 Å². The van der Waals surface area contributed by atoms with Gasteiger partial charge in [0.25, 0.3) is 9.04 Å². The fourth-order valence-electron chi connectivity index (χ4n) is 2.73. The van der Waals surface area contributed by atoms with Crippen LogP contribution >= 0.6 is 15.9 Å². The van der Waals surface area contributed by atoms with Crippen LogP contribution in [0.2, 0.25) is 14.8 Å². The van der Waals surface area contributed by atoms with Crippen LogP contribution in [-0.2, 0) is 4.43 Å². The fourth-order valence-corrected chi connectivity index (χ4v) is 5.11. The van der Waals surface area contributed by atoms with Crippen LogP contribution in [0.25, 0.3) is 0 Å². The zero-order valence-corrected chi connectivity index (χ0v) is 24.1. The van der Waals surface area contributed by atoms with Crippen LogP contribution in [0.1, 0.15) is 18.4 Å². The molecule has 0 aliphatic carbocycles. The Hall–Kier alpha value is -1.32. The molecule has 1 atom stereocenters. The summed E-state index contributed by atoms with van der Waals surface area (Å²) < 4.78 is 6.65. The van der Waals surface area contributed by atoms with Gasteiger partial charge < -0.3 is 4.43 Å². The summed E-state index contributed by atoms with van der Waals surface area (Å²) in [5.41, 5.74) is 1.03. The quantitative estimate of drug-likeness (QED) is 0.191. The van der Waals surface area contributed by atoms with E-state index < -0.39 is 28.8 Å². The maximum absolute atomic E-state index is 6.65. The predicted molar refractivity (Wildman–Crippen MR) is 142 cm³/mol. The molecule has 0 spiro atoms. The van der Waals surface area contributed by atoms with Crippen molar-refractivity contribution in [2.45, 2.75) is 33.8 Å². The molecule has 0 aliphatic heterocycles. The Labute approximate surface area is 205 Å². The summed E-state index contributed by atoms with van der Waals surface area (Å²) in [6, 6.07) is 31.2. The van der Waals surface area contributed by atoms with E-state index in [4.69, 9.17) is 4.43 Å². The topological polar surface area (TPSA) is 9.23 Å². The van der Waals surface area contributed by atoms with Gasteiger partial charge in [-0.2, -0.15) is 0 Å². The first kappa shape index (κ1) is 25.9. The SMILES string of the molecule is BrCCCC(C#Cc1ccccc1)O[Si](c1ccccc1)c1ccccc1.[CH3][Sn]([CH3])[CH3]. The molecular weight excluding hydrogens is 567 g/mol. The van der Waals surface area contributed by atoms with Gasteiger partial charge in [0.2, 0.25) is 0 Å². The molecule has 1 unspecified atom stereocenters. The zero-order chi connectivity index (χ0) is 22.3. The van der Waals surface area contributed by atoms with Crippen LogP contribution in [0.3, 0.4) is 0 Å². The zero-order valence-electron chi connectivity index (χ0n) is 18.6. The van der Waals surface area contributed by atoms with Crippen LogP contribution in [0, 0.1) is 11.8 Å². The van der Waals surface area contributed by atoms with Crippen LogP contribution < -0.4 is 10.4 Å². The maximum atomic E-state index is 6.65. The predicted octanol–water partition coefficient (Wildman–Crippen LogP) is 5.77. The first-order valence-electron chi connectivity index (χ1n) is 10.6. The molecule has 0 bridgehead atoms. The molecule has 31 heavy (non-hydrogen) atoms. The Morgan fingerprint density at radius 3 is 1.71 bits per heavy atom. The van der Waals surface area contributed by atoms with E-state index in [1.807, 2.05) is 42.5 Å². The van der Waals surface area contributed by atoms with Crippen molar-refractivity contribution in [3.05, 3.63) is 96.6 Å². The van der Waals surface area contributed by atoms with E-state index in [9.17, 15) is 0 Å². The number of hydrogen-bond acceptors (Lipinski definition) is 1. The Balaban J connectivity index is 0.000000785. The van der Waals surface area contributed by atoms with Gasteiger partial charge in [-0.1, -0.05) is 107 Å². The molecule has 0 fully saturated rings. The molecule has 3 rings (SSSR count). The number of benzene rings is 3. The van der Waals surface area contributed by atoms with Gasteiger partial charge in [-0.05, 0) is 35.3 Å². The molecule has 4 heteroatoms. The third-order valence-electron chi connectivity index (χ3n) is 4.08. The first-order valence-corrected chi connectivity index (χ1v) is 21.7. The van der Waals surface area contributed by atoms with Gasteiger partial charge in [-0.3, -0.25) is 0 Å².